The summed E-state index contributed by atoms with van der Waals surface area (Å²) in [4.78, 5) is 22.2. The Morgan fingerprint density at radius 2 is 2.03 bits per heavy atom. The average Bonchev–Trinajstić information content (AvgIpc) is 3.23. The number of hydrogen-bond donors (Lipinski definition) is 0. The Kier molecular flexibility index (Phi) is 6.77. The first-order chi connectivity index (χ1) is 15.2. The summed E-state index contributed by atoms with van der Waals surface area (Å²) in [5, 5.41) is 9.70. The van der Waals surface area contributed by atoms with E-state index in [9.17, 15) is 4.79 Å². The van der Waals surface area contributed by atoms with Crippen molar-refractivity contribution in [2.75, 3.05) is 50.9 Å². The normalized spacial score (nSPS) is 14.3. The van der Waals surface area contributed by atoms with Crippen LogP contribution in [0.3, 0.4) is 0 Å². The Hall–Kier alpha value is -2.99. The van der Waals surface area contributed by atoms with Gasteiger partial charge in [0.25, 0.3) is 5.91 Å². The number of amides is 1. The highest BCUT2D eigenvalue weighted by Gasteiger charge is 2.23. The largest absolute Gasteiger partial charge is 0.494 e. The molecule has 2 aromatic carbocycles. The van der Waals surface area contributed by atoms with Crippen molar-refractivity contribution < 1.29 is 14.3 Å². The number of benzene rings is 2. The van der Waals surface area contributed by atoms with Crippen LogP contribution in [-0.2, 0) is 4.74 Å². The average molecular weight is 437 g/mol. The Balaban J connectivity index is 1.62. The summed E-state index contributed by atoms with van der Waals surface area (Å²) in [6.45, 7) is 6.96. The summed E-state index contributed by atoms with van der Waals surface area (Å²) < 4.78 is 12.0. The minimum atomic E-state index is -0.123. The van der Waals surface area contributed by atoms with Crippen LogP contribution >= 0.6 is 11.3 Å². The number of hydrogen-bond acceptors (Lipinski definition) is 7. The molecule has 0 spiro atoms. The molecule has 3 aromatic rings. The van der Waals surface area contributed by atoms with Crippen molar-refractivity contribution in [2.45, 2.75) is 6.92 Å². The molecule has 0 saturated carbocycles. The van der Waals surface area contributed by atoms with Crippen molar-refractivity contribution in [3.63, 3.8) is 0 Å². The lowest BCUT2D eigenvalue weighted by molar-refractivity contribution is 0.0391. The molecule has 0 bridgehead atoms. The SMILES string of the molecule is CCOc1ccc2nc(N(CCN3CCOCC3)C(=O)c3ccc(C#N)cc3)sc2c1. The van der Waals surface area contributed by atoms with Crippen LogP contribution in [0.1, 0.15) is 22.8 Å². The van der Waals surface area contributed by atoms with Crippen LogP contribution in [0.2, 0.25) is 0 Å². The maximum absolute atomic E-state index is 13.4. The number of anilines is 1. The van der Waals surface area contributed by atoms with E-state index in [-0.39, 0.29) is 5.91 Å². The van der Waals surface area contributed by atoms with Crippen molar-refractivity contribution in [3.05, 3.63) is 53.6 Å². The second kappa shape index (κ2) is 9.88. The quantitative estimate of drug-likeness (QED) is 0.564. The molecular weight excluding hydrogens is 412 g/mol. The van der Waals surface area contributed by atoms with Gasteiger partial charge in [-0.2, -0.15) is 5.26 Å². The van der Waals surface area contributed by atoms with Gasteiger partial charge >= 0.3 is 0 Å². The first kappa shape index (κ1) is 21.2. The van der Waals surface area contributed by atoms with Crippen LogP contribution < -0.4 is 9.64 Å². The van der Waals surface area contributed by atoms with E-state index in [2.05, 4.69) is 11.0 Å². The molecule has 1 amide bonds. The van der Waals surface area contributed by atoms with E-state index in [0.717, 1.165) is 35.6 Å². The Bertz CT molecular complexity index is 1080. The molecule has 0 N–H and O–H groups in total. The third kappa shape index (κ3) is 5.02. The predicted octanol–water partition coefficient (Wildman–Crippen LogP) is 3.55. The summed E-state index contributed by atoms with van der Waals surface area (Å²) in [7, 11) is 0. The summed E-state index contributed by atoms with van der Waals surface area (Å²) in [6.07, 6.45) is 0. The number of nitrogens with zero attached hydrogens (tertiary/aromatic N) is 4. The predicted molar refractivity (Wildman–Crippen MR) is 121 cm³/mol. The smallest absolute Gasteiger partial charge is 0.260 e. The first-order valence-electron chi connectivity index (χ1n) is 10.3. The number of morpholine rings is 1. The van der Waals surface area contributed by atoms with E-state index >= 15 is 0 Å². The van der Waals surface area contributed by atoms with Crippen LogP contribution in [0, 0.1) is 11.3 Å². The van der Waals surface area contributed by atoms with Gasteiger partial charge in [0.1, 0.15) is 5.75 Å². The van der Waals surface area contributed by atoms with Gasteiger partial charge in [-0.3, -0.25) is 14.6 Å². The van der Waals surface area contributed by atoms with Crippen molar-refractivity contribution in [1.29, 1.82) is 5.26 Å². The van der Waals surface area contributed by atoms with Crippen molar-refractivity contribution >= 4 is 32.6 Å². The highest BCUT2D eigenvalue weighted by Crippen LogP contribution is 2.32. The van der Waals surface area contributed by atoms with Gasteiger partial charge in [0.15, 0.2) is 5.13 Å². The lowest BCUT2D eigenvalue weighted by atomic mass is 10.1. The molecule has 4 rings (SSSR count). The topological polar surface area (TPSA) is 78.7 Å². The monoisotopic (exact) mass is 436 g/mol. The summed E-state index contributed by atoms with van der Waals surface area (Å²) >= 11 is 1.48. The van der Waals surface area contributed by atoms with Crippen LogP contribution in [0.25, 0.3) is 10.2 Å². The summed E-state index contributed by atoms with van der Waals surface area (Å²) in [6, 6.07) is 14.6. The van der Waals surface area contributed by atoms with Crippen molar-refractivity contribution in [3.8, 4) is 11.8 Å². The number of carbonyl (C=O) groups is 1. The van der Waals surface area contributed by atoms with E-state index in [1.165, 1.54) is 11.3 Å². The van der Waals surface area contributed by atoms with Gasteiger partial charge in [0.2, 0.25) is 0 Å². The number of ether oxygens (including phenoxy) is 2. The number of nitriles is 1. The van der Waals surface area contributed by atoms with Crippen molar-refractivity contribution in [1.82, 2.24) is 9.88 Å². The minimum Gasteiger partial charge on any atom is -0.494 e. The van der Waals surface area contributed by atoms with Gasteiger partial charge < -0.3 is 9.47 Å². The third-order valence-electron chi connectivity index (χ3n) is 5.14. The van der Waals surface area contributed by atoms with Crippen molar-refractivity contribution in [2.24, 2.45) is 0 Å². The number of rotatable bonds is 7. The van der Waals surface area contributed by atoms with E-state index < -0.39 is 0 Å². The highest BCUT2D eigenvalue weighted by atomic mass is 32.1. The van der Waals surface area contributed by atoms with E-state index in [4.69, 9.17) is 19.7 Å². The zero-order valence-electron chi connectivity index (χ0n) is 17.4. The molecule has 7 nitrogen and oxygen atoms in total. The molecular formula is C23H24N4O3S. The van der Waals surface area contributed by atoms with Crippen LogP contribution in [0.4, 0.5) is 5.13 Å². The lowest BCUT2D eigenvalue weighted by Crippen LogP contribution is -2.43. The highest BCUT2D eigenvalue weighted by molar-refractivity contribution is 7.22. The fourth-order valence-corrected chi connectivity index (χ4v) is 4.48. The molecule has 0 atom stereocenters. The maximum Gasteiger partial charge on any atom is 0.260 e. The van der Waals surface area contributed by atoms with Gasteiger partial charge in [-0.1, -0.05) is 11.3 Å². The number of thiazole rings is 1. The van der Waals surface area contributed by atoms with Gasteiger partial charge in [-0.25, -0.2) is 4.98 Å². The lowest BCUT2D eigenvalue weighted by Gasteiger charge is -2.29. The van der Waals surface area contributed by atoms with Gasteiger partial charge in [0, 0.05) is 31.7 Å². The third-order valence-corrected chi connectivity index (χ3v) is 6.18. The van der Waals surface area contributed by atoms with Crippen LogP contribution in [0.5, 0.6) is 5.75 Å². The molecule has 1 fully saturated rings. The standard InChI is InChI=1S/C23H24N4O3S/c1-2-30-19-7-8-20-21(15-19)31-23(25-20)27(10-9-26-11-13-29-14-12-26)22(28)18-5-3-17(16-24)4-6-18/h3-8,15H,2,9-14H2,1H3. The molecule has 160 valence electrons. The molecule has 2 heterocycles. The van der Waals surface area contributed by atoms with Crippen LogP contribution in [0.15, 0.2) is 42.5 Å². The molecule has 0 unspecified atom stereocenters. The van der Waals surface area contributed by atoms with Gasteiger partial charge in [-0.15, -0.1) is 0 Å². The molecule has 0 aliphatic carbocycles. The van der Waals surface area contributed by atoms with E-state index in [0.29, 0.717) is 42.6 Å². The Morgan fingerprint density at radius 3 is 2.74 bits per heavy atom. The van der Waals surface area contributed by atoms with Crippen LogP contribution in [-0.4, -0.2) is 61.8 Å². The molecule has 1 saturated heterocycles. The summed E-state index contributed by atoms with van der Waals surface area (Å²) in [5.74, 6) is 0.672. The minimum absolute atomic E-state index is 0.123. The summed E-state index contributed by atoms with van der Waals surface area (Å²) in [5.41, 5.74) is 1.91. The molecule has 31 heavy (non-hydrogen) atoms. The second-order valence-corrected chi connectivity index (χ2v) is 8.17. The maximum atomic E-state index is 13.4. The molecule has 8 heteroatoms. The second-order valence-electron chi connectivity index (χ2n) is 7.16. The Labute approximate surface area is 185 Å². The zero-order chi connectivity index (χ0) is 21.6. The number of fused-ring (bicyclic) bond motifs is 1. The fourth-order valence-electron chi connectivity index (χ4n) is 3.46. The fraction of sp³-hybridized carbons (Fsp3) is 0.348. The van der Waals surface area contributed by atoms with E-state index in [1.807, 2.05) is 25.1 Å². The van der Waals surface area contributed by atoms with E-state index in [1.54, 1.807) is 29.2 Å². The molecule has 1 aliphatic heterocycles. The molecule has 0 radical (unpaired) electrons. The number of carbonyl (C=O) groups excluding carboxylic acids is 1. The molecule has 1 aromatic heterocycles. The van der Waals surface area contributed by atoms with Gasteiger partial charge in [0.05, 0.1) is 41.7 Å². The van der Waals surface area contributed by atoms with Gasteiger partial charge in [-0.05, 0) is 49.4 Å². The number of aromatic nitrogens is 1. The Morgan fingerprint density at radius 1 is 1.26 bits per heavy atom. The zero-order valence-corrected chi connectivity index (χ0v) is 18.2. The molecule has 1 aliphatic rings. The first-order valence-corrected chi connectivity index (χ1v) is 11.1.